The van der Waals surface area contributed by atoms with Gasteiger partial charge in [-0.15, -0.1) is 0 Å². The predicted molar refractivity (Wildman–Crippen MR) is 83.9 cm³/mol. The van der Waals surface area contributed by atoms with Crippen LogP contribution in [0.25, 0.3) is 0 Å². The van der Waals surface area contributed by atoms with Crippen molar-refractivity contribution in [3.05, 3.63) is 35.4 Å². The number of aliphatic hydroxyl groups is 1. The molecule has 0 aliphatic heterocycles. The molecule has 1 aliphatic rings. The Kier molecular flexibility index (Phi) is 6.30. The van der Waals surface area contributed by atoms with Crippen molar-refractivity contribution in [3.63, 3.8) is 0 Å². The molecule has 2 N–H and O–H groups in total. The Morgan fingerprint density at radius 2 is 1.90 bits per heavy atom. The SMILES string of the molecule is O=C(NCC1CCCCC1)c1ccc(C#CCCO)cc1. The predicted octanol–water partition coefficient (Wildman–Crippen LogP) is 2.73. The fourth-order valence-electron chi connectivity index (χ4n) is 2.66. The maximum atomic E-state index is 12.1. The van der Waals surface area contributed by atoms with E-state index < -0.39 is 0 Å². The van der Waals surface area contributed by atoms with Crippen LogP contribution in [0.1, 0.15) is 54.4 Å². The van der Waals surface area contributed by atoms with E-state index in [9.17, 15) is 4.79 Å². The third kappa shape index (κ3) is 5.24. The average molecular weight is 285 g/mol. The number of aliphatic hydroxyl groups excluding tert-OH is 1. The maximum Gasteiger partial charge on any atom is 0.251 e. The first-order valence-electron chi connectivity index (χ1n) is 7.77. The Labute approximate surface area is 126 Å². The van der Waals surface area contributed by atoms with Gasteiger partial charge in [0.15, 0.2) is 0 Å². The zero-order valence-electron chi connectivity index (χ0n) is 12.4. The average Bonchev–Trinajstić information content (AvgIpc) is 2.54. The van der Waals surface area contributed by atoms with Gasteiger partial charge >= 0.3 is 0 Å². The summed E-state index contributed by atoms with van der Waals surface area (Å²) >= 11 is 0. The van der Waals surface area contributed by atoms with Crippen LogP contribution in [0.15, 0.2) is 24.3 Å². The summed E-state index contributed by atoms with van der Waals surface area (Å²) in [6, 6.07) is 7.30. The van der Waals surface area contributed by atoms with E-state index in [-0.39, 0.29) is 12.5 Å². The molecule has 1 amide bonds. The van der Waals surface area contributed by atoms with Gasteiger partial charge in [0.05, 0.1) is 6.61 Å². The van der Waals surface area contributed by atoms with Gasteiger partial charge in [-0.3, -0.25) is 4.79 Å². The van der Waals surface area contributed by atoms with Crippen LogP contribution in [-0.4, -0.2) is 24.2 Å². The Balaban J connectivity index is 1.83. The number of hydrogen-bond donors (Lipinski definition) is 2. The first-order chi connectivity index (χ1) is 10.3. The molecule has 0 aromatic heterocycles. The smallest absolute Gasteiger partial charge is 0.251 e. The first kappa shape index (κ1) is 15.6. The lowest BCUT2D eigenvalue weighted by Crippen LogP contribution is -2.30. The van der Waals surface area contributed by atoms with Crippen molar-refractivity contribution in [1.82, 2.24) is 5.32 Å². The molecule has 21 heavy (non-hydrogen) atoms. The van der Waals surface area contributed by atoms with Crippen LogP contribution >= 0.6 is 0 Å². The van der Waals surface area contributed by atoms with Crippen LogP contribution in [-0.2, 0) is 0 Å². The molecule has 0 spiro atoms. The molecule has 0 bridgehead atoms. The van der Waals surface area contributed by atoms with Gasteiger partial charge in [0.25, 0.3) is 5.91 Å². The molecule has 0 atom stereocenters. The van der Waals surface area contributed by atoms with Crippen molar-refractivity contribution in [2.75, 3.05) is 13.2 Å². The largest absolute Gasteiger partial charge is 0.395 e. The second kappa shape index (κ2) is 8.49. The molecule has 1 aromatic carbocycles. The summed E-state index contributed by atoms with van der Waals surface area (Å²) in [5, 5.41) is 11.7. The van der Waals surface area contributed by atoms with Crippen LogP contribution in [0, 0.1) is 17.8 Å². The summed E-state index contributed by atoms with van der Waals surface area (Å²) in [5.74, 6) is 6.46. The molecule has 0 saturated heterocycles. The number of carbonyl (C=O) groups is 1. The van der Waals surface area contributed by atoms with Gasteiger partial charge in [0.1, 0.15) is 0 Å². The Morgan fingerprint density at radius 3 is 2.57 bits per heavy atom. The Hall–Kier alpha value is -1.79. The molecular formula is C18H23NO2. The molecular weight excluding hydrogens is 262 g/mol. The van der Waals surface area contributed by atoms with Gasteiger partial charge < -0.3 is 10.4 Å². The molecule has 112 valence electrons. The van der Waals surface area contributed by atoms with E-state index in [0.717, 1.165) is 12.1 Å². The van der Waals surface area contributed by atoms with Crippen LogP contribution in [0.3, 0.4) is 0 Å². The number of benzene rings is 1. The highest BCUT2D eigenvalue weighted by molar-refractivity contribution is 5.94. The maximum absolute atomic E-state index is 12.1. The summed E-state index contributed by atoms with van der Waals surface area (Å²) in [4.78, 5) is 12.1. The summed E-state index contributed by atoms with van der Waals surface area (Å²) in [5.41, 5.74) is 1.55. The number of amides is 1. The van der Waals surface area contributed by atoms with E-state index in [1.807, 2.05) is 12.1 Å². The summed E-state index contributed by atoms with van der Waals surface area (Å²) in [7, 11) is 0. The highest BCUT2D eigenvalue weighted by atomic mass is 16.2. The van der Waals surface area contributed by atoms with Crippen LogP contribution in [0.4, 0.5) is 0 Å². The van der Waals surface area contributed by atoms with Crippen molar-refractivity contribution in [3.8, 4) is 11.8 Å². The Morgan fingerprint density at radius 1 is 1.19 bits per heavy atom. The van der Waals surface area contributed by atoms with Crippen molar-refractivity contribution in [2.24, 2.45) is 5.92 Å². The standard InChI is InChI=1S/C18H23NO2/c20-13-5-4-6-15-9-11-17(12-10-15)18(21)19-14-16-7-2-1-3-8-16/h9-12,16,20H,1-3,5,7-8,13-14H2,(H,19,21). The second-order valence-electron chi connectivity index (χ2n) is 5.57. The molecule has 1 fully saturated rings. The number of nitrogens with one attached hydrogen (secondary N) is 1. The highest BCUT2D eigenvalue weighted by Crippen LogP contribution is 2.22. The minimum Gasteiger partial charge on any atom is -0.395 e. The molecule has 3 nitrogen and oxygen atoms in total. The lowest BCUT2D eigenvalue weighted by molar-refractivity contribution is 0.0943. The van der Waals surface area contributed by atoms with E-state index in [1.54, 1.807) is 12.1 Å². The number of rotatable bonds is 4. The summed E-state index contributed by atoms with van der Waals surface area (Å²) in [6.07, 6.45) is 6.87. The Bertz CT molecular complexity index is 504. The lowest BCUT2D eigenvalue weighted by Gasteiger charge is -2.21. The highest BCUT2D eigenvalue weighted by Gasteiger charge is 2.14. The van der Waals surface area contributed by atoms with Gasteiger partial charge in [-0.25, -0.2) is 0 Å². The summed E-state index contributed by atoms with van der Waals surface area (Å²) in [6.45, 7) is 0.867. The van der Waals surface area contributed by atoms with Gasteiger partial charge in [-0.2, -0.15) is 0 Å². The molecule has 0 heterocycles. The minimum atomic E-state index is -0.00422. The third-order valence-corrected chi connectivity index (χ3v) is 3.89. The number of carbonyl (C=O) groups excluding carboxylic acids is 1. The van der Waals surface area contributed by atoms with E-state index in [4.69, 9.17) is 5.11 Å². The summed E-state index contributed by atoms with van der Waals surface area (Å²) < 4.78 is 0. The molecule has 3 heteroatoms. The topological polar surface area (TPSA) is 49.3 Å². The second-order valence-corrected chi connectivity index (χ2v) is 5.57. The van der Waals surface area contributed by atoms with Crippen molar-refractivity contribution in [1.29, 1.82) is 0 Å². The van der Waals surface area contributed by atoms with E-state index in [1.165, 1.54) is 32.1 Å². The fraction of sp³-hybridized carbons (Fsp3) is 0.500. The van der Waals surface area contributed by atoms with E-state index >= 15 is 0 Å². The normalized spacial score (nSPS) is 15.1. The first-order valence-corrected chi connectivity index (χ1v) is 7.77. The van der Waals surface area contributed by atoms with Gasteiger partial charge in [0, 0.05) is 24.1 Å². The fourth-order valence-corrected chi connectivity index (χ4v) is 2.66. The zero-order chi connectivity index (χ0) is 14.9. The number of hydrogen-bond acceptors (Lipinski definition) is 2. The molecule has 2 rings (SSSR count). The van der Waals surface area contributed by atoms with Crippen molar-refractivity contribution < 1.29 is 9.90 Å². The van der Waals surface area contributed by atoms with E-state index in [0.29, 0.717) is 17.9 Å². The molecule has 1 aromatic rings. The van der Waals surface area contributed by atoms with E-state index in [2.05, 4.69) is 17.2 Å². The molecule has 0 unspecified atom stereocenters. The van der Waals surface area contributed by atoms with Gasteiger partial charge in [-0.1, -0.05) is 31.1 Å². The van der Waals surface area contributed by atoms with Gasteiger partial charge in [0.2, 0.25) is 0 Å². The van der Waals surface area contributed by atoms with Crippen molar-refractivity contribution >= 4 is 5.91 Å². The zero-order valence-corrected chi connectivity index (χ0v) is 12.4. The minimum absolute atomic E-state index is 0.00422. The van der Waals surface area contributed by atoms with Crippen LogP contribution in [0.5, 0.6) is 0 Å². The van der Waals surface area contributed by atoms with Crippen molar-refractivity contribution in [2.45, 2.75) is 38.5 Å². The third-order valence-electron chi connectivity index (χ3n) is 3.89. The quantitative estimate of drug-likeness (QED) is 0.836. The molecule has 1 aliphatic carbocycles. The lowest BCUT2D eigenvalue weighted by atomic mass is 9.89. The van der Waals surface area contributed by atoms with Gasteiger partial charge in [-0.05, 0) is 43.0 Å². The van der Waals surface area contributed by atoms with Crippen LogP contribution in [0.2, 0.25) is 0 Å². The monoisotopic (exact) mass is 285 g/mol. The molecule has 1 saturated carbocycles. The molecule has 0 radical (unpaired) electrons. The van der Waals surface area contributed by atoms with Crippen LogP contribution < -0.4 is 5.32 Å².